The topological polar surface area (TPSA) is 95.4 Å². The highest BCUT2D eigenvalue weighted by Gasteiger charge is 2.24. The minimum atomic E-state index is -1.10. The molecule has 0 saturated heterocycles. The van der Waals surface area contributed by atoms with Gasteiger partial charge >= 0.3 is 11.7 Å². The Balaban J connectivity index is 1.72. The van der Waals surface area contributed by atoms with Crippen molar-refractivity contribution >= 4 is 28.6 Å². The Kier molecular flexibility index (Phi) is 4.73. The minimum Gasteiger partial charge on any atom is -0.480 e. The van der Waals surface area contributed by atoms with E-state index in [0.29, 0.717) is 16.8 Å². The van der Waals surface area contributed by atoms with Crippen LogP contribution in [0.3, 0.4) is 0 Å². The first-order chi connectivity index (χ1) is 13.5. The number of nitrogens with zero attached hydrogens (tertiary/aromatic N) is 2. The van der Waals surface area contributed by atoms with Gasteiger partial charge in [-0.15, -0.1) is 0 Å². The monoisotopic (exact) mass is 379 g/mol. The highest BCUT2D eigenvalue weighted by molar-refractivity contribution is 6.09. The van der Waals surface area contributed by atoms with Crippen LogP contribution in [0.4, 0.5) is 5.69 Å². The number of hydrogen-bond donors (Lipinski definition) is 2. The number of carboxylic acids is 1. The fourth-order valence-electron chi connectivity index (χ4n) is 3.97. The molecule has 0 radical (unpaired) electrons. The Hall–Kier alpha value is -3.35. The van der Waals surface area contributed by atoms with E-state index in [2.05, 4.69) is 4.98 Å². The Morgan fingerprint density at radius 2 is 1.82 bits per heavy atom. The molecule has 1 aromatic heterocycles. The quantitative estimate of drug-likeness (QED) is 0.712. The van der Waals surface area contributed by atoms with Crippen LogP contribution in [-0.2, 0) is 4.79 Å². The summed E-state index contributed by atoms with van der Waals surface area (Å²) < 4.78 is 1.78. The number of hydrogen-bond acceptors (Lipinski definition) is 3. The van der Waals surface area contributed by atoms with Crippen LogP contribution in [0.1, 0.15) is 42.1 Å². The third kappa shape index (κ3) is 3.31. The first-order valence-corrected chi connectivity index (χ1v) is 9.37. The highest BCUT2D eigenvalue weighted by Crippen LogP contribution is 2.31. The molecule has 7 heteroatoms. The number of aromatic nitrogens is 2. The van der Waals surface area contributed by atoms with Gasteiger partial charge in [-0.25, -0.2) is 4.79 Å². The van der Waals surface area contributed by atoms with Crippen molar-refractivity contribution in [2.75, 3.05) is 11.4 Å². The fraction of sp³-hybridized carbons (Fsp3) is 0.286. The van der Waals surface area contributed by atoms with Crippen LogP contribution >= 0.6 is 0 Å². The molecule has 1 heterocycles. The van der Waals surface area contributed by atoms with Crippen molar-refractivity contribution in [2.24, 2.45) is 0 Å². The second kappa shape index (κ2) is 7.34. The van der Waals surface area contributed by atoms with Gasteiger partial charge in [0.15, 0.2) is 0 Å². The van der Waals surface area contributed by atoms with E-state index in [1.165, 1.54) is 4.90 Å². The summed E-state index contributed by atoms with van der Waals surface area (Å²) in [6.07, 6.45) is 4.19. The van der Waals surface area contributed by atoms with Crippen molar-refractivity contribution in [1.29, 1.82) is 0 Å². The number of H-pyrrole nitrogens is 1. The molecule has 0 unspecified atom stereocenters. The fourth-order valence-corrected chi connectivity index (χ4v) is 3.97. The van der Waals surface area contributed by atoms with E-state index >= 15 is 0 Å². The van der Waals surface area contributed by atoms with E-state index in [1.54, 1.807) is 53.1 Å². The van der Waals surface area contributed by atoms with Crippen molar-refractivity contribution in [3.05, 3.63) is 64.6 Å². The van der Waals surface area contributed by atoms with Gasteiger partial charge in [-0.3, -0.25) is 19.1 Å². The van der Waals surface area contributed by atoms with E-state index in [-0.39, 0.29) is 11.7 Å². The number of nitrogens with one attached hydrogen (secondary N) is 1. The van der Waals surface area contributed by atoms with Crippen LogP contribution in [0.25, 0.3) is 11.0 Å². The van der Waals surface area contributed by atoms with Crippen LogP contribution in [0.15, 0.2) is 53.3 Å². The molecule has 0 aliphatic heterocycles. The van der Waals surface area contributed by atoms with E-state index in [1.807, 2.05) is 0 Å². The van der Waals surface area contributed by atoms with Crippen molar-refractivity contribution in [3.8, 4) is 0 Å². The number of fused-ring (bicyclic) bond motifs is 1. The summed E-state index contributed by atoms with van der Waals surface area (Å²) in [5.41, 5.74) is 2.03. The predicted octanol–water partition coefficient (Wildman–Crippen LogP) is 3.18. The van der Waals surface area contributed by atoms with Crippen LogP contribution in [-0.4, -0.2) is 33.1 Å². The first-order valence-electron chi connectivity index (χ1n) is 9.37. The number of aromatic amines is 1. The summed E-state index contributed by atoms with van der Waals surface area (Å²) in [6, 6.07) is 13.9. The van der Waals surface area contributed by atoms with Gasteiger partial charge in [-0.2, -0.15) is 0 Å². The predicted molar refractivity (Wildman–Crippen MR) is 106 cm³/mol. The third-order valence-corrected chi connectivity index (χ3v) is 5.26. The smallest absolute Gasteiger partial charge is 0.326 e. The number of aliphatic carboxylic acids is 1. The molecule has 3 aromatic rings. The molecule has 1 amide bonds. The van der Waals surface area contributed by atoms with E-state index in [9.17, 15) is 19.5 Å². The lowest BCUT2D eigenvalue weighted by molar-refractivity contribution is -0.135. The second-order valence-corrected chi connectivity index (χ2v) is 7.09. The standard InChI is InChI=1S/C21H21N3O4/c25-19(26)13-23(15-6-2-1-3-7-15)20(27)14-10-11-18-17(12-14)22-21(28)24(18)16-8-4-5-9-16/h1-3,6-7,10-12,16H,4-5,8-9,13H2,(H,22,28)(H,25,26). The van der Waals surface area contributed by atoms with Crippen molar-refractivity contribution in [1.82, 2.24) is 9.55 Å². The number of anilines is 1. The molecule has 7 nitrogen and oxygen atoms in total. The molecule has 1 fully saturated rings. The maximum atomic E-state index is 13.0. The molecular weight excluding hydrogens is 358 g/mol. The molecule has 0 spiro atoms. The molecule has 1 aliphatic carbocycles. The lowest BCUT2D eigenvalue weighted by Gasteiger charge is -2.21. The molecule has 2 N–H and O–H groups in total. The molecule has 4 rings (SSSR count). The highest BCUT2D eigenvalue weighted by atomic mass is 16.4. The van der Waals surface area contributed by atoms with Gasteiger partial charge in [0.25, 0.3) is 5.91 Å². The van der Waals surface area contributed by atoms with E-state index < -0.39 is 18.4 Å². The Morgan fingerprint density at radius 1 is 1.11 bits per heavy atom. The molecular formula is C21H21N3O4. The maximum absolute atomic E-state index is 13.0. The zero-order chi connectivity index (χ0) is 19.7. The van der Waals surface area contributed by atoms with Gasteiger partial charge in [0, 0.05) is 17.3 Å². The molecule has 28 heavy (non-hydrogen) atoms. The molecule has 2 aromatic carbocycles. The third-order valence-electron chi connectivity index (χ3n) is 5.26. The van der Waals surface area contributed by atoms with Crippen molar-refractivity contribution < 1.29 is 14.7 Å². The van der Waals surface area contributed by atoms with Gasteiger partial charge in [-0.1, -0.05) is 31.0 Å². The maximum Gasteiger partial charge on any atom is 0.326 e. The Morgan fingerprint density at radius 3 is 2.50 bits per heavy atom. The van der Waals surface area contributed by atoms with Crippen LogP contribution in [0.5, 0.6) is 0 Å². The normalized spacial score (nSPS) is 14.4. The Labute approximate surface area is 161 Å². The summed E-state index contributed by atoms with van der Waals surface area (Å²) in [4.78, 5) is 40.8. The zero-order valence-electron chi connectivity index (χ0n) is 15.3. The number of benzene rings is 2. The van der Waals surface area contributed by atoms with E-state index in [4.69, 9.17) is 0 Å². The second-order valence-electron chi connectivity index (χ2n) is 7.09. The summed E-state index contributed by atoms with van der Waals surface area (Å²) in [5.74, 6) is -1.52. The molecule has 0 atom stereocenters. The van der Waals surface area contributed by atoms with Gasteiger partial charge in [0.05, 0.1) is 11.0 Å². The number of amides is 1. The number of carbonyl (C=O) groups is 2. The van der Waals surface area contributed by atoms with Crippen LogP contribution in [0.2, 0.25) is 0 Å². The van der Waals surface area contributed by atoms with Gasteiger partial charge in [-0.05, 0) is 43.2 Å². The summed E-state index contributed by atoms with van der Waals surface area (Å²) in [7, 11) is 0. The van der Waals surface area contributed by atoms with Gasteiger partial charge in [0.1, 0.15) is 6.54 Å². The molecule has 1 aliphatic rings. The van der Waals surface area contributed by atoms with Crippen molar-refractivity contribution in [3.63, 3.8) is 0 Å². The zero-order valence-corrected chi connectivity index (χ0v) is 15.3. The summed E-state index contributed by atoms with van der Waals surface area (Å²) >= 11 is 0. The largest absolute Gasteiger partial charge is 0.480 e. The lowest BCUT2D eigenvalue weighted by Crippen LogP contribution is -2.35. The van der Waals surface area contributed by atoms with Gasteiger partial charge < -0.3 is 10.1 Å². The van der Waals surface area contributed by atoms with Gasteiger partial charge in [0.2, 0.25) is 0 Å². The summed E-state index contributed by atoms with van der Waals surface area (Å²) in [5, 5.41) is 9.23. The SMILES string of the molecule is O=C(O)CN(C(=O)c1ccc2c(c1)[nH]c(=O)n2C1CCCC1)c1ccccc1. The number of carboxylic acid groups (broad SMARTS) is 1. The first kappa shape index (κ1) is 18.0. The van der Waals surface area contributed by atoms with Crippen molar-refractivity contribution in [2.45, 2.75) is 31.7 Å². The van der Waals surface area contributed by atoms with E-state index in [0.717, 1.165) is 31.2 Å². The minimum absolute atomic E-state index is 0.169. The molecule has 1 saturated carbocycles. The average Bonchev–Trinajstić information content (AvgIpc) is 3.32. The van der Waals surface area contributed by atoms with Crippen LogP contribution < -0.4 is 10.6 Å². The average molecular weight is 379 g/mol. The summed E-state index contributed by atoms with van der Waals surface area (Å²) in [6.45, 7) is -0.444. The number of imidazole rings is 1. The number of carbonyl (C=O) groups excluding carboxylic acids is 1. The number of rotatable bonds is 5. The lowest BCUT2D eigenvalue weighted by atomic mass is 10.1. The number of para-hydroxylation sites is 1. The van der Waals surface area contributed by atoms with Crippen LogP contribution in [0, 0.1) is 0 Å². The molecule has 0 bridgehead atoms. The molecule has 144 valence electrons. The Bertz CT molecular complexity index is 1080.